The van der Waals surface area contributed by atoms with Crippen LogP contribution in [0.15, 0.2) is 27.6 Å². The largest absolute Gasteiger partial charge is 0.478 e. The number of ether oxygens (including phenoxy) is 1. The van der Waals surface area contributed by atoms with E-state index in [1.54, 1.807) is 13.8 Å². The number of fused-ring (bicyclic) bond motifs is 1. The van der Waals surface area contributed by atoms with E-state index in [1.807, 2.05) is 0 Å². The second kappa shape index (κ2) is 9.74. The Labute approximate surface area is 195 Å². The Morgan fingerprint density at radius 1 is 1.20 bits per heavy atom. The predicted molar refractivity (Wildman–Crippen MR) is 114 cm³/mol. The van der Waals surface area contributed by atoms with Gasteiger partial charge in [-0.1, -0.05) is 6.92 Å². The number of hydrogen-bond acceptors (Lipinski definition) is 5. The molecule has 3 rings (SSSR count). The maximum absolute atomic E-state index is 13.3. The Balaban J connectivity index is 2.04. The summed E-state index contributed by atoms with van der Waals surface area (Å²) in [6, 6.07) is 1.24. The highest BCUT2D eigenvalue weighted by atomic mass is 19.4. The maximum Gasteiger partial charge on any atom is 0.471 e. The van der Waals surface area contributed by atoms with Crippen LogP contribution in [0.3, 0.4) is 0 Å². The Morgan fingerprint density at radius 3 is 2.34 bits per heavy atom. The van der Waals surface area contributed by atoms with Crippen molar-refractivity contribution in [3.8, 4) is 0 Å². The molecule has 192 valence electrons. The lowest BCUT2D eigenvalue weighted by Gasteiger charge is -2.32. The van der Waals surface area contributed by atoms with E-state index in [9.17, 15) is 35.9 Å². The van der Waals surface area contributed by atoms with Gasteiger partial charge in [0, 0.05) is 25.1 Å². The van der Waals surface area contributed by atoms with Gasteiger partial charge in [-0.15, -0.1) is 0 Å². The van der Waals surface area contributed by atoms with Gasteiger partial charge in [-0.25, -0.2) is 9.51 Å². The van der Waals surface area contributed by atoms with Crippen molar-refractivity contribution >= 4 is 23.1 Å². The Bertz CT molecular complexity index is 1220. The zero-order valence-electron chi connectivity index (χ0n) is 19.0. The molecule has 1 amide bonds. The van der Waals surface area contributed by atoms with Crippen LogP contribution in [0.2, 0.25) is 0 Å². The molecule has 8 nitrogen and oxygen atoms in total. The zero-order valence-corrected chi connectivity index (χ0v) is 19.0. The monoisotopic (exact) mass is 507 g/mol. The molecule has 1 aliphatic heterocycles. The molecule has 0 bridgehead atoms. The topological polar surface area (TPSA) is 92.1 Å². The minimum Gasteiger partial charge on any atom is -0.478 e. The second-order valence-electron chi connectivity index (χ2n) is 8.04. The highest BCUT2D eigenvalue weighted by Crippen LogP contribution is 2.32. The third kappa shape index (κ3) is 5.51. The van der Waals surface area contributed by atoms with Crippen LogP contribution in [0.1, 0.15) is 50.3 Å². The molecular formula is C21H23F6N5O3. The number of H-pyrrole nitrogens is 1. The smallest absolute Gasteiger partial charge is 0.471 e. The number of methoxy groups -OCH3 is 1. The van der Waals surface area contributed by atoms with Gasteiger partial charge < -0.3 is 14.6 Å². The summed E-state index contributed by atoms with van der Waals surface area (Å²) in [5.41, 5.74) is 0.425. The van der Waals surface area contributed by atoms with Gasteiger partial charge in [0.15, 0.2) is 0 Å². The quantitative estimate of drug-likeness (QED) is 0.384. The summed E-state index contributed by atoms with van der Waals surface area (Å²) in [6.07, 6.45) is -7.92. The van der Waals surface area contributed by atoms with E-state index in [-0.39, 0.29) is 42.8 Å². The minimum absolute atomic E-state index is 0.0740. The van der Waals surface area contributed by atoms with Crippen molar-refractivity contribution < 1.29 is 35.9 Å². The van der Waals surface area contributed by atoms with E-state index in [4.69, 9.17) is 0 Å². The Morgan fingerprint density at radius 2 is 1.83 bits per heavy atom. The van der Waals surface area contributed by atoms with E-state index in [0.29, 0.717) is 22.6 Å². The molecule has 35 heavy (non-hydrogen) atoms. The van der Waals surface area contributed by atoms with Gasteiger partial charge in [0.2, 0.25) is 0 Å². The molecule has 2 aromatic heterocycles. The molecule has 2 aromatic rings. The molecule has 0 saturated carbocycles. The molecule has 0 unspecified atom stereocenters. The number of halogens is 6. The molecule has 1 N–H and O–H groups in total. The summed E-state index contributed by atoms with van der Waals surface area (Å²) in [7, 11) is 0.844. The molecule has 0 atom stereocenters. The first-order valence-electron chi connectivity index (χ1n) is 10.6. The maximum atomic E-state index is 13.3. The van der Waals surface area contributed by atoms with Crippen LogP contribution in [0.5, 0.6) is 0 Å². The van der Waals surface area contributed by atoms with Gasteiger partial charge in [0.05, 0.1) is 30.3 Å². The summed E-state index contributed by atoms with van der Waals surface area (Å²) < 4.78 is 83.8. The molecule has 1 saturated heterocycles. The lowest BCUT2D eigenvalue weighted by atomic mass is 9.93. The van der Waals surface area contributed by atoms with Crippen LogP contribution in [-0.2, 0) is 9.53 Å². The summed E-state index contributed by atoms with van der Waals surface area (Å²) in [6.45, 7) is 2.97. The van der Waals surface area contributed by atoms with Crippen LogP contribution < -0.4 is 5.56 Å². The van der Waals surface area contributed by atoms with E-state index in [1.165, 1.54) is 16.8 Å². The van der Waals surface area contributed by atoms with Crippen LogP contribution in [-0.4, -0.2) is 63.9 Å². The number of rotatable bonds is 4. The number of aliphatic imine (C=N–C) groups is 1. The first kappa shape index (κ1) is 26.3. The molecule has 0 aromatic carbocycles. The number of allylic oxidation sites excluding steroid dienone is 1. The number of hydrogen-bond donors (Lipinski definition) is 1. The fourth-order valence-corrected chi connectivity index (χ4v) is 3.91. The van der Waals surface area contributed by atoms with E-state index >= 15 is 0 Å². The van der Waals surface area contributed by atoms with Gasteiger partial charge in [-0.2, -0.15) is 31.4 Å². The number of alkyl halides is 6. The molecular weight excluding hydrogens is 484 g/mol. The molecule has 1 fully saturated rings. The number of carbonyl (C=O) groups excluding carboxylic acids is 1. The van der Waals surface area contributed by atoms with Gasteiger partial charge in [0.1, 0.15) is 5.65 Å². The summed E-state index contributed by atoms with van der Waals surface area (Å²) in [5.74, 6) is -3.80. The van der Waals surface area contributed by atoms with Crippen molar-refractivity contribution in [2.24, 2.45) is 4.99 Å². The van der Waals surface area contributed by atoms with E-state index < -0.39 is 35.6 Å². The summed E-state index contributed by atoms with van der Waals surface area (Å²) in [5, 5.41) is 4.22. The lowest BCUT2D eigenvalue weighted by Crippen LogP contribution is -2.45. The van der Waals surface area contributed by atoms with Gasteiger partial charge >= 0.3 is 18.3 Å². The molecule has 0 spiro atoms. The molecule has 1 aliphatic rings. The molecule has 0 aliphatic carbocycles. The Kier molecular flexibility index (Phi) is 7.31. The van der Waals surface area contributed by atoms with E-state index in [0.717, 1.165) is 7.11 Å². The number of aromatic amines is 1. The van der Waals surface area contributed by atoms with Crippen LogP contribution in [0, 0.1) is 0 Å². The first-order valence-corrected chi connectivity index (χ1v) is 10.6. The Hall–Kier alpha value is -3.32. The van der Waals surface area contributed by atoms with Crippen molar-refractivity contribution in [3.63, 3.8) is 0 Å². The highest BCUT2D eigenvalue weighted by molar-refractivity contribution is 5.90. The minimum atomic E-state index is -4.97. The predicted octanol–water partition coefficient (Wildman–Crippen LogP) is 4.04. The number of carbonyl (C=O) groups is 1. The first-order chi connectivity index (χ1) is 16.3. The normalized spacial score (nSPS) is 17.1. The molecule has 0 radical (unpaired) electrons. The van der Waals surface area contributed by atoms with Crippen LogP contribution >= 0.6 is 0 Å². The van der Waals surface area contributed by atoms with Crippen molar-refractivity contribution in [3.05, 3.63) is 39.4 Å². The van der Waals surface area contributed by atoms with Gasteiger partial charge in [0.25, 0.3) is 11.5 Å². The second-order valence-corrected chi connectivity index (χ2v) is 8.04. The van der Waals surface area contributed by atoms with Crippen molar-refractivity contribution in [1.29, 1.82) is 0 Å². The number of nitrogens with one attached hydrogen (secondary N) is 1. The molecule has 3 heterocycles. The van der Waals surface area contributed by atoms with Crippen molar-refractivity contribution in [2.45, 2.75) is 51.4 Å². The summed E-state index contributed by atoms with van der Waals surface area (Å²) >= 11 is 0. The standard InChI is InChI=1S/C21H23F6N5O3/c1-4-11(2)16(30-18(35-3)20(22,23)24)13-10-28-32-14(9-15(33)29-17(13)32)12-5-7-31(8-6-12)19(34)21(25,26)27/h9-10,12H,4-8H2,1-3H3,(H,29,33)/b16-11+,30-18?. The fourth-order valence-electron chi connectivity index (χ4n) is 3.91. The van der Waals surface area contributed by atoms with Crippen LogP contribution in [0.25, 0.3) is 11.3 Å². The number of likely N-dealkylation sites (tertiary alicyclic amines) is 1. The number of piperidine rings is 1. The summed E-state index contributed by atoms with van der Waals surface area (Å²) in [4.78, 5) is 30.9. The van der Waals surface area contributed by atoms with Crippen molar-refractivity contribution in [1.82, 2.24) is 19.5 Å². The van der Waals surface area contributed by atoms with E-state index in [2.05, 4.69) is 19.8 Å². The number of amides is 1. The number of aromatic nitrogens is 3. The highest BCUT2D eigenvalue weighted by Gasteiger charge is 2.43. The average Bonchev–Trinajstić information content (AvgIpc) is 3.20. The third-order valence-corrected chi connectivity index (χ3v) is 5.82. The van der Waals surface area contributed by atoms with Gasteiger partial charge in [-0.05, 0) is 31.8 Å². The van der Waals surface area contributed by atoms with Crippen molar-refractivity contribution in [2.75, 3.05) is 20.2 Å². The zero-order chi connectivity index (χ0) is 26.1. The van der Waals surface area contributed by atoms with Gasteiger partial charge in [-0.3, -0.25) is 9.59 Å². The SMILES string of the molecule is CC/C(C)=C(/N=C(OC)C(F)(F)F)c1cnn2c(C3CCN(C(=O)C(F)(F)F)CC3)cc(=O)[nH]c12. The lowest BCUT2D eigenvalue weighted by molar-refractivity contribution is -0.186. The molecule has 14 heteroatoms. The average molecular weight is 507 g/mol. The van der Waals surface area contributed by atoms with Crippen LogP contribution in [0.4, 0.5) is 26.3 Å². The number of nitrogens with zero attached hydrogens (tertiary/aromatic N) is 4. The third-order valence-electron chi connectivity index (χ3n) is 5.82. The fraction of sp³-hybridized carbons (Fsp3) is 0.524.